The van der Waals surface area contributed by atoms with Crippen molar-refractivity contribution in [2.75, 3.05) is 24.6 Å². The monoisotopic (exact) mass is 235 g/mol. The fraction of sp³-hybridized carbons (Fsp3) is 0.462. The third kappa shape index (κ3) is 2.97. The number of aliphatic hydroxyl groups is 1. The van der Waals surface area contributed by atoms with Gasteiger partial charge in [-0.15, -0.1) is 0 Å². The molecular weight excluding hydrogens is 218 g/mol. The van der Waals surface area contributed by atoms with E-state index in [9.17, 15) is 4.79 Å². The normalized spacial score (nSPS) is 15.5. The van der Waals surface area contributed by atoms with Gasteiger partial charge in [0.25, 0.3) is 6.47 Å². The van der Waals surface area contributed by atoms with Gasteiger partial charge in [0.2, 0.25) is 0 Å². The zero-order valence-corrected chi connectivity index (χ0v) is 9.71. The summed E-state index contributed by atoms with van der Waals surface area (Å²) in [5.41, 5.74) is 1.16. The van der Waals surface area contributed by atoms with E-state index in [1.165, 1.54) is 0 Å². The third-order valence-corrected chi connectivity index (χ3v) is 3.11. The Morgan fingerprint density at radius 3 is 2.65 bits per heavy atom. The maximum absolute atomic E-state index is 10.2. The molecule has 4 nitrogen and oxygen atoms in total. The Bertz CT molecular complexity index is 357. The Balaban J connectivity index is 1.82. The van der Waals surface area contributed by atoms with Gasteiger partial charge in [0, 0.05) is 25.4 Å². The predicted octanol–water partition coefficient (Wildman–Crippen LogP) is 1.43. The van der Waals surface area contributed by atoms with Gasteiger partial charge in [-0.1, -0.05) is 0 Å². The largest absolute Gasteiger partial charge is 0.429 e. The predicted molar refractivity (Wildman–Crippen MR) is 65.2 cm³/mol. The van der Waals surface area contributed by atoms with Crippen LogP contribution in [0.5, 0.6) is 5.75 Å². The molecule has 17 heavy (non-hydrogen) atoms. The third-order valence-electron chi connectivity index (χ3n) is 3.11. The van der Waals surface area contributed by atoms with E-state index in [-0.39, 0.29) is 6.61 Å². The number of hydrogen-bond donors (Lipinski definition) is 1. The second-order valence-electron chi connectivity index (χ2n) is 4.34. The molecule has 0 amide bonds. The lowest BCUT2D eigenvalue weighted by Crippen LogP contribution is -2.46. The van der Waals surface area contributed by atoms with Crippen LogP contribution >= 0.6 is 0 Å². The molecule has 1 heterocycles. The van der Waals surface area contributed by atoms with Crippen LogP contribution < -0.4 is 9.64 Å². The number of aliphatic hydroxyl groups excluding tert-OH is 1. The lowest BCUT2D eigenvalue weighted by atomic mass is 9.94. The second kappa shape index (κ2) is 5.68. The van der Waals surface area contributed by atoms with Crippen LogP contribution in [0.25, 0.3) is 0 Å². The number of hydrogen-bond acceptors (Lipinski definition) is 4. The quantitative estimate of drug-likeness (QED) is 0.758. The Hall–Kier alpha value is -1.55. The van der Waals surface area contributed by atoms with Crippen molar-refractivity contribution in [2.45, 2.75) is 12.8 Å². The number of carbonyl (C=O) groups is 1. The van der Waals surface area contributed by atoms with Crippen LogP contribution in [0.2, 0.25) is 0 Å². The van der Waals surface area contributed by atoms with Gasteiger partial charge in [-0.3, -0.25) is 4.79 Å². The van der Waals surface area contributed by atoms with Gasteiger partial charge >= 0.3 is 0 Å². The minimum absolute atomic E-state index is 0.286. The number of ether oxygens (including phenoxy) is 1. The summed E-state index contributed by atoms with van der Waals surface area (Å²) in [4.78, 5) is 12.4. The van der Waals surface area contributed by atoms with Crippen molar-refractivity contribution >= 4 is 12.2 Å². The molecule has 1 aliphatic heterocycles. The minimum atomic E-state index is 0.286. The first-order valence-corrected chi connectivity index (χ1v) is 5.89. The van der Waals surface area contributed by atoms with Crippen LogP contribution in [0.15, 0.2) is 24.3 Å². The lowest BCUT2D eigenvalue weighted by molar-refractivity contribution is -0.120. The molecule has 1 aliphatic rings. The molecule has 1 saturated heterocycles. The van der Waals surface area contributed by atoms with Crippen molar-refractivity contribution in [1.82, 2.24) is 0 Å². The van der Waals surface area contributed by atoms with Crippen molar-refractivity contribution in [1.29, 1.82) is 0 Å². The molecule has 0 spiro atoms. The summed E-state index contributed by atoms with van der Waals surface area (Å²) in [7, 11) is 0. The molecule has 4 heteroatoms. The molecule has 0 aliphatic carbocycles. The topological polar surface area (TPSA) is 49.8 Å². The number of carbonyl (C=O) groups excluding carboxylic acids is 1. The zero-order chi connectivity index (χ0) is 12.1. The highest BCUT2D eigenvalue weighted by atomic mass is 16.5. The van der Waals surface area contributed by atoms with E-state index in [0.29, 0.717) is 18.1 Å². The highest BCUT2D eigenvalue weighted by Crippen LogP contribution is 2.28. The van der Waals surface area contributed by atoms with Gasteiger partial charge in [-0.25, -0.2) is 0 Å². The van der Waals surface area contributed by atoms with Crippen LogP contribution in [0, 0.1) is 5.92 Å². The van der Waals surface area contributed by atoms with Crippen molar-refractivity contribution < 1.29 is 14.6 Å². The smallest absolute Gasteiger partial charge is 0.298 e. The van der Waals surface area contributed by atoms with E-state index < -0.39 is 0 Å². The summed E-state index contributed by atoms with van der Waals surface area (Å²) < 4.78 is 4.74. The van der Waals surface area contributed by atoms with E-state index in [4.69, 9.17) is 9.84 Å². The Labute approximate surface area is 101 Å². The lowest BCUT2D eigenvalue weighted by Gasteiger charge is -2.41. The molecule has 0 saturated carbocycles. The van der Waals surface area contributed by atoms with Crippen LogP contribution in [0.1, 0.15) is 12.8 Å². The van der Waals surface area contributed by atoms with Gasteiger partial charge in [0.15, 0.2) is 0 Å². The first-order valence-electron chi connectivity index (χ1n) is 5.89. The van der Waals surface area contributed by atoms with E-state index in [2.05, 4.69) is 4.90 Å². The van der Waals surface area contributed by atoms with Crippen molar-refractivity contribution in [2.24, 2.45) is 5.92 Å². The molecule has 0 radical (unpaired) electrons. The molecule has 1 aromatic rings. The molecule has 0 atom stereocenters. The van der Waals surface area contributed by atoms with Crippen molar-refractivity contribution in [3.8, 4) is 5.75 Å². The van der Waals surface area contributed by atoms with Crippen molar-refractivity contribution in [3.63, 3.8) is 0 Å². The highest BCUT2D eigenvalue weighted by molar-refractivity contribution is 5.53. The fourth-order valence-electron chi connectivity index (χ4n) is 2.13. The van der Waals surface area contributed by atoms with Crippen LogP contribution in [0.4, 0.5) is 5.69 Å². The average molecular weight is 235 g/mol. The van der Waals surface area contributed by atoms with Gasteiger partial charge in [0.05, 0.1) is 0 Å². The minimum Gasteiger partial charge on any atom is -0.429 e. The molecule has 1 fully saturated rings. The molecule has 2 rings (SSSR count). The summed E-state index contributed by atoms with van der Waals surface area (Å²) in [5, 5.41) is 8.74. The summed E-state index contributed by atoms with van der Waals surface area (Å²) in [6, 6.07) is 7.51. The zero-order valence-electron chi connectivity index (χ0n) is 9.71. The Morgan fingerprint density at radius 1 is 1.35 bits per heavy atom. The maximum atomic E-state index is 10.2. The van der Waals surface area contributed by atoms with Crippen LogP contribution in [0.3, 0.4) is 0 Å². The molecule has 0 aromatic heterocycles. The van der Waals surface area contributed by atoms with E-state index in [1.807, 2.05) is 12.1 Å². The molecule has 1 N–H and O–H groups in total. The number of anilines is 1. The fourth-order valence-corrected chi connectivity index (χ4v) is 2.13. The number of benzene rings is 1. The summed E-state index contributed by atoms with van der Waals surface area (Å²) in [6.45, 7) is 2.82. The number of rotatable bonds is 6. The highest BCUT2D eigenvalue weighted by Gasteiger charge is 2.25. The van der Waals surface area contributed by atoms with Gasteiger partial charge in [-0.2, -0.15) is 0 Å². The molecule has 0 bridgehead atoms. The molecule has 92 valence electrons. The number of nitrogens with zero attached hydrogens (tertiary/aromatic N) is 1. The maximum Gasteiger partial charge on any atom is 0.298 e. The second-order valence-corrected chi connectivity index (χ2v) is 4.34. The van der Waals surface area contributed by atoms with E-state index in [0.717, 1.165) is 31.6 Å². The van der Waals surface area contributed by atoms with Gasteiger partial charge in [-0.05, 0) is 43.0 Å². The van der Waals surface area contributed by atoms with Gasteiger partial charge in [0.1, 0.15) is 5.75 Å². The van der Waals surface area contributed by atoms with E-state index >= 15 is 0 Å². The molecule has 0 unspecified atom stereocenters. The Kier molecular flexibility index (Phi) is 3.98. The van der Waals surface area contributed by atoms with Gasteiger partial charge < -0.3 is 14.7 Å². The first-order chi connectivity index (χ1) is 8.33. The molecule has 1 aromatic carbocycles. The van der Waals surface area contributed by atoms with Crippen LogP contribution in [-0.2, 0) is 4.79 Å². The standard InChI is InChI=1S/C13H17NO3/c15-7-1-2-11-8-14(9-11)12-3-5-13(6-4-12)17-10-16/h3-6,10-11,15H,1-2,7-9H2. The van der Waals surface area contributed by atoms with E-state index in [1.54, 1.807) is 12.1 Å². The summed E-state index contributed by atoms with van der Waals surface area (Å²) in [5.74, 6) is 1.27. The summed E-state index contributed by atoms with van der Waals surface area (Å²) in [6.07, 6.45) is 1.99. The average Bonchev–Trinajstić information content (AvgIpc) is 2.30. The van der Waals surface area contributed by atoms with Crippen LogP contribution in [-0.4, -0.2) is 31.3 Å². The SMILES string of the molecule is O=COc1ccc(N2CC(CCCO)C2)cc1. The molecular formula is C13H17NO3. The van der Waals surface area contributed by atoms with Crippen molar-refractivity contribution in [3.05, 3.63) is 24.3 Å². The first kappa shape index (κ1) is 11.9. The Morgan fingerprint density at radius 2 is 2.06 bits per heavy atom. The summed E-state index contributed by atoms with van der Waals surface area (Å²) >= 11 is 0.